The SMILES string of the molecule is c1ccc2cc3c(cc2c1)sc1c2cc4cc(-c5ccc(-c6ccc(-c7cc8ccccc8s7)cc6)cc5)ccc4cc2sc31. The van der Waals surface area contributed by atoms with E-state index in [2.05, 4.69) is 146 Å². The molecule has 0 nitrogen and oxygen atoms in total. The number of fused-ring (bicyclic) bond motifs is 8. The molecule has 7 aromatic carbocycles. The van der Waals surface area contributed by atoms with Crippen molar-refractivity contribution >= 4 is 95.2 Å². The molecule has 3 aromatic heterocycles. The highest BCUT2D eigenvalue weighted by molar-refractivity contribution is 7.36. The molecule has 0 aliphatic rings. The average molecular weight is 625 g/mol. The molecule has 0 saturated carbocycles. The molecule has 0 radical (unpaired) electrons. The van der Waals surface area contributed by atoms with Gasteiger partial charge in [0.1, 0.15) is 0 Å². The van der Waals surface area contributed by atoms with Crippen LogP contribution >= 0.6 is 34.0 Å². The fraction of sp³-hybridized carbons (Fsp3) is 0. The highest BCUT2D eigenvalue weighted by atomic mass is 32.1. The molecule has 0 saturated heterocycles. The fourth-order valence-corrected chi connectivity index (χ4v) is 10.4. The summed E-state index contributed by atoms with van der Waals surface area (Å²) in [6, 6.07) is 54.0. The molecule has 0 bridgehead atoms. The van der Waals surface area contributed by atoms with Gasteiger partial charge in [-0.3, -0.25) is 0 Å². The molecule has 10 rings (SSSR count). The van der Waals surface area contributed by atoms with Gasteiger partial charge in [-0.1, -0.05) is 103 Å². The Kier molecular flexibility index (Phi) is 5.59. The summed E-state index contributed by atoms with van der Waals surface area (Å²) in [6.45, 7) is 0. The number of hydrogen-bond donors (Lipinski definition) is 0. The van der Waals surface area contributed by atoms with E-state index >= 15 is 0 Å². The molecular formula is C42H24S3. The number of hydrogen-bond acceptors (Lipinski definition) is 3. The van der Waals surface area contributed by atoms with E-state index in [1.54, 1.807) is 0 Å². The van der Waals surface area contributed by atoms with Crippen LogP contribution in [0.4, 0.5) is 0 Å². The Labute approximate surface area is 272 Å². The highest BCUT2D eigenvalue weighted by Crippen LogP contribution is 2.46. The maximum atomic E-state index is 2.41. The third-order valence-corrected chi connectivity index (χ3v) is 12.7. The predicted octanol–water partition coefficient (Wildman–Crippen LogP) is 13.8. The first kappa shape index (κ1) is 25.5. The van der Waals surface area contributed by atoms with Crippen molar-refractivity contribution < 1.29 is 0 Å². The maximum Gasteiger partial charge on any atom is 0.0542 e. The van der Waals surface area contributed by atoms with Crippen LogP contribution in [0.2, 0.25) is 0 Å². The Morgan fingerprint density at radius 3 is 1.42 bits per heavy atom. The van der Waals surface area contributed by atoms with Gasteiger partial charge in [-0.2, -0.15) is 0 Å². The van der Waals surface area contributed by atoms with Crippen molar-refractivity contribution in [2.45, 2.75) is 0 Å². The van der Waals surface area contributed by atoms with Crippen LogP contribution in [-0.2, 0) is 0 Å². The van der Waals surface area contributed by atoms with Crippen molar-refractivity contribution in [2.75, 3.05) is 0 Å². The zero-order valence-corrected chi connectivity index (χ0v) is 26.5. The van der Waals surface area contributed by atoms with E-state index in [0.29, 0.717) is 0 Å². The minimum absolute atomic E-state index is 1.24. The zero-order chi connectivity index (χ0) is 29.5. The van der Waals surface area contributed by atoms with Gasteiger partial charge >= 0.3 is 0 Å². The molecule has 210 valence electrons. The molecular weight excluding hydrogens is 601 g/mol. The van der Waals surface area contributed by atoms with Gasteiger partial charge in [0.25, 0.3) is 0 Å². The van der Waals surface area contributed by atoms with Gasteiger partial charge in [0.15, 0.2) is 0 Å². The van der Waals surface area contributed by atoms with Crippen molar-refractivity contribution in [3.8, 4) is 32.7 Å². The van der Waals surface area contributed by atoms with E-state index in [1.807, 2.05) is 34.0 Å². The predicted molar refractivity (Wildman–Crippen MR) is 201 cm³/mol. The first-order valence-corrected chi connectivity index (χ1v) is 17.6. The summed E-state index contributed by atoms with van der Waals surface area (Å²) < 4.78 is 6.91. The van der Waals surface area contributed by atoms with Crippen molar-refractivity contribution in [3.05, 3.63) is 146 Å². The third kappa shape index (κ3) is 4.16. The summed E-state index contributed by atoms with van der Waals surface area (Å²) in [5, 5.41) is 9.29. The summed E-state index contributed by atoms with van der Waals surface area (Å²) in [5.41, 5.74) is 6.25. The molecule has 0 aliphatic heterocycles. The molecule has 0 fully saturated rings. The lowest BCUT2D eigenvalue weighted by Crippen LogP contribution is -1.82. The van der Waals surface area contributed by atoms with Crippen molar-refractivity contribution in [1.29, 1.82) is 0 Å². The molecule has 45 heavy (non-hydrogen) atoms. The van der Waals surface area contributed by atoms with E-state index in [0.717, 1.165) is 0 Å². The van der Waals surface area contributed by atoms with Gasteiger partial charge < -0.3 is 0 Å². The van der Waals surface area contributed by atoms with Crippen LogP contribution in [0.15, 0.2) is 146 Å². The summed E-state index contributed by atoms with van der Waals surface area (Å²) in [6.07, 6.45) is 0. The van der Waals surface area contributed by atoms with Gasteiger partial charge in [0.2, 0.25) is 0 Å². The number of rotatable bonds is 3. The van der Waals surface area contributed by atoms with Crippen molar-refractivity contribution in [1.82, 2.24) is 0 Å². The lowest BCUT2D eigenvalue weighted by atomic mass is 9.97. The molecule has 0 spiro atoms. The Morgan fingerprint density at radius 1 is 0.289 bits per heavy atom. The Balaban J connectivity index is 0.985. The largest absolute Gasteiger partial charge is 0.135 e. The van der Waals surface area contributed by atoms with Crippen molar-refractivity contribution in [2.24, 2.45) is 0 Å². The first-order chi connectivity index (χ1) is 22.2. The minimum atomic E-state index is 1.24. The maximum absolute atomic E-state index is 2.41. The quantitative estimate of drug-likeness (QED) is 0.183. The second-order valence-electron chi connectivity index (χ2n) is 11.8. The minimum Gasteiger partial charge on any atom is -0.135 e. The highest BCUT2D eigenvalue weighted by Gasteiger charge is 2.14. The van der Waals surface area contributed by atoms with Crippen LogP contribution in [0.3, 0.4) is 0 Å². The van der Waals surface area contributed by atoms with E-state index < -0.39 is 0 Å². The van der Waals surface area contributed by atoms with Gasteiger partial charge in [0, 0.05) is 29.7 Å². The van der Waals surface area contributed by atoms with Crippen LogP contribution in [-0.4, -0.2) is 0 Å². The molecule has 0 aliphatic carbocycles. The van der Waals surface area contributed by atoms with Crippen LogP contribution in [0.1, 0.15) is 0 Å². The number of benzene rings is 7. The zero-order valence-electron chi connectivity index (χ0n) is 24.1. The van der Waals surface area contributed by atoms with E-state index in [1.165, 1.54) is 93.9 Å². The van der Waals surface area contributed by atoms with Crippen LogP contribution in [0.5, 0.6) is 0 Å². The molecule has 3 heteroatoms. The molecule has 0 unspecified atom stereocenters. The second-order valence-corrected chi connectivity index (χ2v) is 15.0. The van der Waals surface area contributed by atoms with Crippen LogP contribution in [0.25, 0.3) is 93.9 Å². The summed E-state index contributed by atoms with van der Waals surface area (Å²) in [7, 11) is 0. The fourth-order valence-electron chi connectivity index (χ4n) is 6.67. The number of thiophene rings is 3. The molecule has 10 aromatic rings. The van der Waals surface area contributed by atoms with E-state index in [4.69, 9.17) is 0 Å². The summed E-state index contributed by atoms with van der Waals surface area (Å²) >= 11 is 5.72. The first-order valence-electron chi connectivity index (χ1n) is 15.1. The Bertz CT molecular complexity index is 2700. The lowest BCUT2D eigenvalue weighted by molar-refractivity contribution is 1.60. The molecule has 3 heterocycles. The van der Waals surface area contributed by atoms with E-state index in [-0.39, 0.29) is 0 Å². The lowest BCUT2D eigenvalue weighted by Gasteiger charge is -2.08. The molecule has 0 amide bonds. The van der Waals surface area contributed by atoms with E-state index in [9.17, 15) is 0 Å². The normalized spacial score (nSPS) is 12.0. The Hall–Kier alpha value is -4.80. The Morgan fingerprint density at radius 2 is 0.778 bits per heavy atom. The monoisotopic (exact) mass is 624 g/mol. The van der Waals surface area contributed by atoms with Crippen LogP contribution in [0, 0.1) is 0 Å². The third-order valence-electron chi connectivity index (χ3n) is 9.05. The van der Waals surface area contributed by atoms with Crippen molar-refractivity contribution in [3.63, 3.8) is 0 Å². The second kappa shape index (κ2) is 9.85. The summed E-state index contributed by atoms with van der Waals surface area (Å²) in [4.78, 5) is 1.32. The standard InChI is InChI=1S/C42H24S3/c1-2-6-30-22-39-35(20-29(30)5-1)41-42(44-39)36-21-34-19-31(17-18-32(34)23-40(36)45-41)27-11-9-25(10-12-27)26-13-15-28(16-14-26)38-24-33-7-3-4-8-37(33)43-38/h1-24H. The van der Waals surface area contributed by atoms with Gasteiger partial charge in [-0.25, -0.2) is 0 Å². The van der Waals surface area contributed by atoms with Gasteiger partial charge in [0.05, 0.1) is 9.40 Å². The smallest absolute Gasteiger partial charge is 0.0542 e. The molecule has 0 atom stereocenters. The average Bonchev–Trinajstić information content (AvgIpc) is 3.78. The topological polar surface area (TPSA) is 0 Å². The summed E-state index contributed by atoms with van der Waals surface area (Å²) in [5.74, 6) is 0. The van der Waals surface area contributed by atoms with Gasteiger partial charge in [-0.05, 0) is 97.2 Å². The molecule has 0 N–H and O–H groups in total. The van der Waals surface area contributed by atoms with Gasteiger partial charge in [-0.15, -0.1) is 34.0 Å². The van der Waals surface area contributed by atoms with Crippen LogP contribution < -0.4 is 0 Å².